The van der Waals surface area contributed by atoms with Gasteiger partial charge in [0, 0.05) is 49.8 Å². The van der Waals surface area contributed by atoms with Crippen LogP contribution in [0, 0.1) is 0 Å². The van der Waals surface area contributed by atoms with Gasteiger partial charge in [0.15, 0.2) is 0 Å². The fourth-order valence-corrected chi connectivity index (χ4v) is 5.08. The zero-order valence-electron chi connectivity index (χ0n) is 22.7. The first-order chi connectivity index (χ1) is 19.4. The topological polar surface area (TPSA) is 179 Å². The van der Waals surface area contributed by atoms with Crippen LogP contribution in [0.2, 0.25) is 0 Å². The molecule has 0 unspecified atom stereocenters. The van der Waals surface area contributed by atoms with Crippen molar-refractivity contribution in [1.82, 2.24) is 20.3 Å². The fraction of sp³-hybridized carbons (Fsp3) is 0.556. The van der Waals surface area contributed by atoms with Gasteiger partial charge in [-0.15, -0.1) is 0 Å². The summed E-state index contributed by atoms with van der Waals surface area (Å²) in [5.41, 5.74) is 3.28. The van der Waals surface area contributed by atoms with Gasteiger partial charge in [-0.3, -0.25) is 4.79 Å². The molecule has 0 aromatic carbocycles. The van der Waals surface area contributed by atoms with Gasteiger partial charge in [-0.2, -0.15) is 0 Å². The number of carbonyl (C=O) groups is 3. The molecule has 2 aliphatic heterocycles. The molecule has 1 amide bonds. The van der Waals surface area contributed by atoms with Crippen molar-refractivity contribution >= 4 is 35.5 Å². The van der Waals surface area contributed by atoms with Gasteiger partial charge >= 0.3 is 18.0 Å². The molecule has 2 aromatic heterocycles. The van der Waals surface area contributed by atoms with E-state index in [9.17, 15) is 19.5 Å². The van der Waals surface area contributed by atoms with Crippen LogP contribution in [-0.2, 0) is 27.2 Å². The summed E-state index contributed by atoms with van der Waals surface area (Å²) in [4.78, 5) is 50.3. The highest BCUT2D eigenvalue weighted by Gasteiger charge is 2.27. The number of carboxylic acid groups (broad SMARTS) is 2. The molecule has 40 heavy (non-hydrogen) atoms. The molecular formula is C27H37N7O6. The van der Waals surface area contributed by atoms with Crippen LogP contribution in [0.3, 0.4) is 0 Å². The van der Waals surface area contributed by atoms with Crippen molar-refractivity contribution in [3.8, 4) is 0 Å². The number of amides is 1. The highest BCUT2D eigenvalue weighted by molar-refractivity contribution is 5.80. The van der Waals surface area contributed by atoms with Crippen molar-refractivity contribution in [3.05, 3.63) is 35.3 Å². The van der Waals surface area contributed by atoms with Crippen molar-refractivity contribution in [3.63, 3.8) is 0 Å². The van der Waals surface area contributed by atoms with Gasteiger partial charge in [-0.25, -0.2) is 24.5 Å². The number of carboxylic acids is 2. The van der Waals surface area contributed by atoms with Crippen LogP contribution in [0.15, 0.2) is 18.5 Å². The van der Waals surface area contributed by atoms with Gasteiger partial charge in [-0.1, -0.05) is 13.0 Å². The Morgan fingerprint density at radius 3 is 2.73 bits per heavy atom. The summed E-state index contributed by atoms with van der Waals surface area (Å²) in [7, 11) is 0. The van der Waals surface area contributed by atoms with Crippen molar-refractivity contribution in [2.45, 2.75) is 63.8 Å². The molecule has 1 saturated heterocycles. The maximum atomic E-state index is 12.0. The monoisotopic (exact) mass is 555 g/mol. The Kier molecular flexibility index (Phi) is 9.92. The number of carbonyl (C=O) groups excluding carboxylic acids is 1. The molecule has 13 nitrogen and oxygen atoms in total. The zero-order valence-corrected chi connectivity index (χ0v) is 22.7. The van der Waals surface area contributed by atoms with E-state index in [4.69, 9.17) is 14.8 Å². The molecule has 4 rings (SSSR count). The Bertz CT molecular complexity index is 1200. The summed E-state index contributed by atoms with van der Waals surface area (Å²) >= 11 is 0. The van der Waals surface area contributed by atoms with Crippen LogP contribution < -0.4 is 20.9 Å². The zero-order chi connectivity index (χ0) is 28.5. The number of ether oxygens (including phenoxy) is 1. The molecule has 0 aliphatic carbocycles. The molecule has 2 aromatic rings. The average Bonchev–Trinajstić information content (AvgIpc) is 2.96. The number of alkyl carbamates (subject to hydrolysis) is 1. The fourth-order valence-electron chi connectivity index (χ4n) is 5.08. The number of hydrogen-bond acceptors (Lipinski definition) is 10. The second-order valence-corrected chi connectivity index (χ2v) is 9.96. The highest BCUT2D eigenvalue weighted by Crippen LogP contribution is 2.33. The minimum Gasteiger partial charge on any atom is -0.481 e. The Labute approximate surface area is 232 Å². The largest absolute Gasteiger partial charge is 0.481 e. The van der Waals surface area contributed by atoms with Gasteiger partial charge in [0.25, 0.3) is 0 Å². The van der Waals surface area contributed by atoms with Crippen LogP contribution in [-0.4, -0.2) is 82.0 Å². The van der Waals surface area contributed by atoms with E-state index in [-0.39, 0.29) is 26.0 Å². The number of aliphatic carboxylic acids is 2. The molecule has 13 heteroatoms. The Hall–Kier alpha value is -4.16. The number of piperidine rings is 1. The lowest BCUT2D eigenvalue weighted by Gasteiger charge is -2.34. The second kappa shape index (κ2) is 13.8. The number of pyridine rings is 1. The van der Waals surface area contributed by atoms with E-state index < -0.39 is 24.1 Å². The predicted octanol–water partition coefficient (Wildman–Crippen LogP) is 2.63. The summed E-state index contributed by atoms with van der Waals surface area (Å²) in [5.74, 6) is 0.486. The smallest absolute Gasteiger partial charge is 0.407 e. The molecule has 4 heterocycles. The van der Waals surface area contributed by atoms with Gasteiger partial charge in [-0.05, 0) is 50.2 Å². The SMILES string of the molecule is CCc1c(NC[C@H](NC(=O)OCCCC(=O)O)C(=O)O)ncnc1N1CCC(c2ccc3c(n2)NCCC3)CC1. The second-order valence-electron chi connectivity index (χ2n) is 9.96. The molecule has 2 aliphatic rings. The first-order valence-electron chi connectivity index (χ1n) is 13.8. The molecule has 0 spiro atoms. The van der Waals surface area contributed by atoms with E-state index in [1.165, 1.54) is 11.9 Å². The number of aromatic nitrogens is 3. The highest BCUT2D eigenvalue weighted by atomic mass is 16.5. The van der Waals surface area contributed by atoms with E-state index in [0.717, 1.165) is 68.2 Å². The van der Waals surface area contributed by atoms with E-state index in [1.54, 1.807) is 0 Å². The Balaban J connectivity index is 1.34. The summed E-state index contributed by atoms with van der Waals surface area (Å²) in [6.45, 7) is 4.34. The van der Waals surface area contributed by atoms with Gasteiger partial charge in [0.2, 0.25) is 0 Å². The third-order valence-corrected chi connectivity index (χ3v) is 7.24. The maximum absolute atomic E-state index is 12.0. The molecular weight excluding hydrogens is 518 g/mol. The quantitative estimate of drug-likeness (QED) is 0.242. The van der Waals surface area contributed by atoms with Crippen molar-refractivity contribution < 1.29 is 29.3 Å². The molecule has 1 atom stereocenters. The third-order valence-electron chi connectivity index (χ3n) is 7.24. The number of anilines is 3. The first-order valence-corrected chi connectivity index (χ1v) is 13.8. The molecule has 5 N–H and O–H groups in total. The molecule has 0 radical (unpaired) electrons. The Morgan fingerprint density at radius 2 is 2.00 bits per heavy atom. The lowest BCUT2D eigenvalue weighted by molar-refractivity contribution is -0.139. The maximum Gasteiger partial charge on any atom is 0.407 e. The third kappa shape index (κ3) is 7.48. The summed E-state index contributed by atoms with van der Waals surface area (Å²) in [6.07, 6.45) is 5.26. The minimum absolute atomic E-state index is 0.122. The number of nitrogens with one attached hydrogen (secondary N) is 3. The minimum atomic E-state index is -1.27. The van der Waals surface area contributed by atoms with Crippen molar-refractivity contribution in [2.24, 2.45) is 0 Å². The molecule has 216 valence electrons. The van der Waals surface area contributed by atoms with E-state index in [2.05, 4.69) is 43.0 Å². The molecule has 0 bridgehead atoms. The van der Waals surface area contributed by atoms with Crippen LogP contribution in [0.25, 0.3) is 0 Å². The standard InChI is InChI=1S/C27H37N7O6/c1-2-19-24(29-15-21(26(37)38)33-27(39)40-14-4-6-22(35)36)30-16-31-25(19)34-12-9-17(10-13-34)20-8-7-18-5-3-11-28-23(18)32-20/h7-8,16-17,21H,2-6,9-15H2,1H3,(H,28,32)(H,33,39)(H,35,36)(H,37,38)(H,29,30,31)/t21-/m0/s1. The average molecular weight is 556 g/mol. The number of aryl methyl sites for hydroxylation is 1. The van der Waals surface area contributed by atoms with Gasteiger partial charge in [0.1, 0.15) is 29.8 Å². The summed E-state index contributed by atoms with van der Waals surface area (Å²) in [5, 5.41) is 27.0. The number of hydrogen-bond donors (Lipinski definition) is 5. The first kappa shape index (κ1) is 28.8. The molecule has 1 fully saturated rings. The summed E-state index contributed by atoms with van der Waals surface area (Å²) < 4.78 is 4.89. The lowest BCUT2D eigenvalue weighted by Crippen LogP contribution is -2.45. The van der Waals surface area contributed by atoms with E-state index in [0.29, 0.717) is 18.2 Å². The van der Waals surface area contributed by atoms with Gasteiger partial charge in [0.05, 0.1) is 6.61 Å². The van der Waals surface area contributed by atoms with E-state index >= 15 is 0 Å². The van der Waals surface area contributed by atoms with Crippen LogP contribution in [0.4, 0.5) is 22.2 Å². The van der Waals surface area contributed by atoms with E-state index in [1.807, 2.05) is 6.92 Å². The number of fused-ring (bicyclic) bond motifs is 1. The number of nitrogens with zero attached hydrogens (tertiary/aromatic N) is 4. The van der Waals surface area contributed by atoms with Crippen LogP contribution in [0.5, 0.6) is 0 Å². The lowest BCUT2D eigenvalue weighted by atomic mass is 9.92. The normalized spacial score (nSPS) is 15.9. The number of rotatable bonds is 12. The van der Waals surface area contributed by atoms with Crippen LogP contribution in [0.1, 0.15) is 61.8 Å². The summed E-state index contributed by atoms with van der Waals surface area (Å²) in [6, 6.07) is 3.09. The molecule has 0 saturated carbocycles. The van der Waals surface area contributed by atoms with Gasteiger partial charge < -0.3 is 35.8 Å². The predicted molar refractivity (Wildman–Crippen MR) is 148 cm³/mol. The Morgan fingerprint density at radius 1 is 1.20 bits per heavy atom. The van der Waals surface area contributed by atoms with Crippen molar-refractivity contribution in [1.29, 1.82) is 0 Å². The van der Waals surface area contributed by atoms with Crippen molar-refractivity contribution in [2.75, 3.05) is 48.3 Å². The van der Waals surface area contributed by atoms with Crippen LogP contribution >= 0.6 is 0 Å².